The molecule has 2 aliphatic heterocycles. The highest BCUT2D eigenvalue weighted by Gasteiger charge is 2.48. The second kappa shape index (κ2) is 12.4. The molecule has 228 valence electrons. The van der Waals surface area contributed by atoms with Crippen LogP contribution < -0.4 is 11.5 Å². The van der Waals surface area contributed by atoms with E-state index in [-0.39, 0.29) is 21.4 Å². The molecule has 2 amide bonds. The predicted molar refractivity (Wildman–Crippen MR) is 133 cm³/mol. The van der Waals surface area contributed by atoms with Gasteiger partial charge in [0, 0.05) is 10.8 Å². The van der Waals surface area contributed by atoms with Crippen LogP contribution in [0.2, 0.25) is 0 Å². The van der Waals surface area contributed by atoms with E-state index in [9.17, 15) is 48.9 Å². The molecule has 2 unspecified atom stereocenters. The van der Waals surface area contributed by atoms with E-state index in [0.717, 1.165) is 22.7 Å². The predicted octanol–water partition coefficient (Wildman–Crippen LogP) is -1.93. The second-order valence-corrected chi connectivity index (χ2v) is 13.5. The number of amides is 2. The van der Waals surface area contributed by atoms with Gasteiger partial charge in [-0.3, -0.25) is 18.6 Å². The Morgan fingerprint density at radius 3 is 1.46 bits per heavy atom. The Hall–Kier alpha value is -1.78. The Morgan fingerprint density at radius 2 is 1.15 bits per heavy atom. The van der Waals surface area contributed by atoms with E-state index in [1.807, 2.05) is 0 Å². The Kier molecular flexibility index (Phi) is 9.76. The molecule has 2 fully saturated rings. The highest BCUT2D eigenvalue weighted by molar-refractivity contribution is 7.61. The summed E-state index contributed by atoms with van der Waals surface area (Å²) in [5.74, 6) is -1.67. The topological polar surface area (TPSA) is 314 Å². The van der Waals surface area contributed by atoms with Crippen LogP contribution >= 0.6 is 38.3 Å². The third-order valence-electron chi connectivity index (χ3n) is 5.77. The minimum absolute atomic E-state index is 0.0800. The van der Waals surface area contributed by atoms with Crippen molar-refractivity contribution in [3.8, 4) is 0 Å². The molecule has 2 aromatic rings. The summed E-state index contributed by atoms with van der Waals surface area (Å²) >= 11 is 1.80. The molecule has 2 saturated heterocycles. The van der Waals surface area contributed by atoms with Gasteiger partial charge in [0.05, 0.1) is 13.2 Å². The van der Waals surface area contributed by atoms with Gasteiger partial charge in [-0.2, -0.15) is 4.31 Å². The van der Waals surface area contributed by atoms with E-state index in [2.05, 4.69) is 23.3 Å². The molecule has 41 heavy (non-hydrogen) atoms. The van der Waals surface area contributed by atoms with Crippen molar-refractivity contribution in [1.29, 1.82) is 0 Å². The van der Waals surface area contributed by atoms with Gasteiger partial charge in [0.1, 0.15) is 70.2 Å². The number of ether oxygens (including phenoxy) is 2. The van der Waals surface area contributed by atoms with Gasteiger partial charge >= 0.3 is 15.6 Å². The molecule has 4 rings (SSSR count). The fourth-order valence-electron chi connectivity index (χ4n) is 3.76. The summed E-state index contributed by atoms with van der Waals surface area (Å²) in [6.45, 7) is -1.81. The van der Waals surface area contributed by atoms with Crippen molar-refractivity contribution in [3.05, 3.63) is 32.2 Å². The van der Waals surface area contributed by atoms with E-state index in [1.165, 1.54) is 10.8 Å². The number of thiazole rings is 2. The molecule has 0 saturated carbocycles. The number of aliphatic hydroxyl groups is 4. The largest absolute Gasteiger partial charge is 0.481 e. The fraction of sp³-hybridized carbons (Fsp3) is 0.556. The van der Waals surface area contributed by atoms with E-state index in [1.54, 1.807) is 0 Å². The molecular weight excluding hydrogens is 638 g/mol. The quantitative estimate of drug-likeness (QED) is 0.115. The van der Waals surface area contributed by atoms with Gasteiger partial charge in [0.2, 0.25) is 0 Å². The fourth-order valence-corrected chi connectivity index (χ4v) is 7.61. The van der Waals surface area contributed by atoms with Crippen LogP contribution in [0.4, 0.5) is 0 Å². The zero-order chi connectivity index (χ0) is 30.3. The molecule has 2 aromatic heterocycles. The van der Waals surface area contributed by atoms with Crippen LogP contribution in [0.3, 0.4) is 0 Å². The number of hydrogen-bond acceptors (Lipinski definition) is 17. The maximum absolute atomic E-state index is 12.3. The molecule has 2 aliphatic rings. The van der Waals surface area contributed by atoms with Gasteiger partial charge in [-0.1, -0.05) is 0 Å². The van der Waals surface area contributed by atoms with Gasteiger partial charge in [-0.05, 0) is 0 Å². The van der Waals surface area contributed by atoms with Crippen molar-refractivity contribution in [2.75, 3.05) is 13.2 Å². The smallest absolute Gasteiger partial charge is 0.387 e. The number of primary amides is 2. The summed E-state index contributed by atoms with van der Waals surface area (Å²) in [6, 6.07) is 0. The highest BCUT2D eigenvalue weighted by atomic mass is 32.1. The van der Waals surface area contributed by atoms with Crippen LogP contribution in [0, 0.1) is 0 Å². The van der Waals surface area contributed by atoms with Gasteiger partial charge in [-0.25, -0.2) is 19.1 Å². The number of aliphatic hydroxyl groups excluding tert-OH is 4. The molecule has 10 N–H and O–H groups in total. The van der Waals surface area contributed by atoms with Crippen molar-refractivity contribution < 1.29 is 71.8 Å². The first-order valence-corrected chi connectivity index (χ1v) is 16.0. The number of phosphoric ester groups is 2. The molecular formula is C18H24N4O15P2S2. The van der Waals surface area contributed by atoms with E-state index in [0.29, 0.717) is 0 Å². The lowest BCUT2D eigenvalue weighted by molar-refractivity contribution is -0.0271. The lowest BCUT2D eigenvalue weighted by atomic mass is 10.1. The molecule has 0 bridgehead atoms. The summed E-state index contributed by atoms with van der Waals surface area (Å²) in [5, 5.41) is 43.7. The number of carbonyl (C=O) groups excluding carboxylic acids is 2. The monoisotopic (exact) mass is 662 g/mol. The van der Waals surface area contributed by atoms with Crippen molar-refractivity contribution in [1.82, 2.24) is 9.97 Å². The maximum atomic E-state index is 12.3. The Morgan fingerprint density at radius 1 is 0.780 bits per heavy atom. The maximum Gasteiger partial charge on any atom is 0.481 e. The van der Waals surface area contributed by atoms with Crippen LogP contribution in [-0.2, 0) is 32.0 Å². The summed E-state index contributed by atoms with van der Waals surface area (Å²) in [5.41, 5.74) is 10.0. The number of rotatable bonds is 12. The van der Waals surface area contributed by atoms with Gasteiger partial charge in [0.25, 0.3) is 11.8 Å². The lowest BCUT2D eigenvalue weighted by Gasteiger charge is -2.20. The van der Waals surface area contributed by atoms with Crippen molar-refractivity contribution in [2.45, 2.75) is 48.8 Å². The first-order valence-electron chi connectivity index (χ1n) is 11.3. The Labute approximate surface area is 237 Å². The number of nitrogens with two attached hydrogens (primary N) is 2. The molecule has 0 spiro atoms. The van der Waals surface area contributed by atoms with Crippen LogP contribution in [0.5, 0.6) is 0 Å². The zero-order valence-electron chi connectivity index (χ0n) is 20.3. The molecule has 23 heteroatoms. The lowest BCUT2D eigenvalue weighted by Crippen LogP contribution is -2.33. The van der Waals surface area contributed by atoms with E-state index in [4.69, 9.17) is 20.9 Å². The van der Waals surface area contributed by atoms with Crippen molar-refractivity contribution in [2.24, 2.45) is 11.5 Å². The van der Waals surface area contributed by atoms with Crippen LogP contribution in [0.1, 0.15) is 43.2 Å². The molecule has 10 atom stereocenters. The second-order valence-electron chi connectivity index (χ2n) is 8.63. The molecule has 0 aliphatic carbocycles. The number of nitrogens with zero attached hydrogens (tertiary/aromatic N) is 2. The molecule has 19 nitrogen and oxygen atoms in total. The van der Waals surface area contributed by atoms with Crippen LogP contribution in [-0.4, -0.2) is 102 Å². The van der Waals surface area contributed by atoms with Crippen molar-refractivity contribution >= 4 is 50.1 Å². The Balaban J connectivity index is 1.29. The number of carbonyl (C=O) groups is 2. The molecule has 0 aromatic carbocycles. The third-order valence-corrected chi connectivity index (χ3v) is 10.2. The molecule has 4 heterocycles. The summed E-state index contributed by atoms with van der Waals surface area (Å²) in [4.78, 5) is 50.1. The SMILES string of the molecule is NC(=O)c1csc([C@H]2O[C@@H](COP(=O)(O)OP(=O)(O)OC[C@H]3O[C@@H](c4nc(C(N)=O)cs4)[C@H](O)[C@@H]3O)[C@H](O)[C@@H]2O)n1. The summed E-state index contributed by atoms with van der Waals surface area (Å²) in [7, 11) is -10.7. The number of aromatic nitrogens is 2. The van der Waals surface area contributed by atoms with Crippen LogP contribution in [0.25, 0.3) is 0 Å². The summed E-state index contributed by atoms with van der Waals surface area (Å²) in [6.07, 6.45) is -11.8. The van der Waals surface area contributed by atoms with Gasteiger partial charge < -0.3 is 51.2 Å². The number of phosphoric acid groups is 2. The van der Waals surface area contributed by atoms with Gasteiger partial charge in [0.15, 0.2) is 0 Å². The van der Waals surface area contributed by atoms with Crippen LogP contribution in [0.15, 0.2) is 10.8 Å². The first-order chi connectivity index (χ1) is 19.1. The minimum Gasteiger partial charge on any atom is -0.387 e. The molecule has 0 radical (unpaired) electrons. The average molecular weight is 662 g/mol. The standard InChI is InChI=1S/C18H24N4O15P2S2/c19-15(27)5-3-40-17(21-5)13-11(25)9(23)7(35-13)1-33-38(29,30)37-39(31,32)34-2-8-10(24)12(26)14(36-8)18-22-6(4-41-18)16(20)28/h3-4,7-14,23-26H,1-2H2,(H2,19,27)(H2,20,28)(H,29,30)(H,31,32)/t7-,8+,9-,10+,11-,12+,13-,14+. The number of hydrogen-bond donors (Lipinski definition) is 8. The summed E-state index contributed by atoms with van der Waals surface area (Å²) < 4.78 is 48.8. The zero-order valence-corrected chi connectivity index (χ0v) is 23.7. The van der Waals surface area contributed by atoms with Gasteiger partial charge in [-0.15, -0.1) is 22.7 Å². The first kappa shape index (κ1) is 32.1. The normalized spacial score (nSPS) is 32.9. The van der Waals surface area contributed by atoms with E-state index >= 15 is 0 Å². The minimum atomic E-state index is -5.36. The van der Waals surface area contributed by atoms with E-state index < -0.39 is 89.5 Å². The Bertz CT molecular complexity index is 1270. The average Bonchev–Trinajstić information content (AvgIpc) is 3.66. The highest BCUT2D eigenvalue weighted by Crippen LogP contribution is 2.61. The third kappa shape index (κ3) is 7.42. The van der Waals surface area contributed by atoms with Crippen molar-refractivity contribution in [3.63, 3.8) is 0 Å².